The van der Waals surface area contributed by atoms with Crippen LogP contribution in [0.2, 0.25) is 0 Å². The molecule has 1 unspecified atom stereocenters. The zero-order valence-electron chi connectivity index (χ0n) is 11.4. The van der Waals surface area contributed by atoms with Crippen LogP contribution in [0.5, 0.6) is 0 Å². The topological polar surface area (TPSA) is 91.5 Å². The van der Waals surface area contributed by atoms with E-state index in [1.165, 1.54) is 12.3 Å². The molecule has 1 fully saturated rings. The molecule has 2 heterocycles. The molecule has 2 rings (SSSR count). The second-order valence-corrected chi connectivity index (χ2v) is 5.31. The van der Waals surface area contributed by atoms with Crippen molar-refractivity contribution in [2.24, 2.45) is 5.84 Å². The molecule has 20 heavy (non-hydrogen) atoms. The Hall–Kier alpha value is -1.73. The molecule has 1 aromatic rings. The molecule has 1 aliphatic heterocycles. The van der Waals surface area contributed by atoms with Gasteiger partial charge in [0.1, 0.15) is 0 Å². The van der Waals surface area contributed by atoms with E-state index < -0.39 is 17.3 Å². The normalized spacial score (nSPS) is 23.3. The lowest BCUT2D eigenvalue weighted by Gasteiger charge is -2.23. The number of aliphatic hydroxyl groups is 1. The van der Waals surface area contributed by atoms with Crippen molar-refractivity contribution in [1.82, 2.24) is 9.88 Å². The van der Waals surface area contributed by atoms with Gasteiger partial charge in [0.2, 0.25) is 0 Å². The van der Waals surface area contributed by atoms with E-state index in [9.17, 15) is 14.3 Å². The average Bonchev–Trinajstić information content (AvgIpc) is 2.59. The fourth-order valence-corrected chi connectivity index (χ4v) is 2.35. The molecular weight excluding hydrogens is 263 g/mol. The molecule has 0 bridgehead atoms. The van der Waals surface area contributed by atoms with E-state index in [0.717, 1.165) is 0 Å². The second-order valence-electron chi connectivity index (χ2n) is 5.31. The summed E-state index contributed by atoms with van der Waals surface area (Å²) in [6.45, 7) is 2.66. The summed E-state index contributed by atoms with van der Waals surface area (Å²) in [7, 11) is 0. The molecule has 1 amide bonds. The summed E-state index contributed by atoms with van der Waals surface area (Å²) in [5.74, 6) is 3.84. The van der Waals surface area contributed by atoms with Crippen LogP contribution in [0.25, 0.3) is 0 Å². The lowest BCUT2D eigenvalue weighted by Crippen LogP contribution is -2.34. The van der Waals surface area contributed by atoms with Gasteiger partial charge in [0.15, 0.2) is 11.6 Å². The number of hydrogen-bond acceptors (Lipinski definition) is 5. The zero-order chi connectivity index (χ0) is 14.8. The number of halogens is 1. The first-order valence-electron chi connectivity index (χ1n) is 6.57. The van der Waals surface area contributed by atoms with Crippen molar-refractivity contribution in [3.05, 3.63) is 23.6 Å². The predicted molar refractivity (Wildman–Crippen MR) is 72.4 cm³/mol. The van der Waals surface area contributed by atoms with Crippen LogP contribution in [-0.4, -0.2) is 39.6 Å². The minimum Gasteiger partial charge on any atom is -0.390 e. The number of nitrogens with one attached hydrogen (secondary N) is 1. The standard InChI is InChI=1S/C13H19FN4O2/c1-13(20)4-2-7-18(8-5-13)12(19)9-3-6-16-11(17-15)10(9)14/h3,6,20H,2,4-5,7-8,15H2,1H3,(H,16,17). The van der Waals surface area contributed by atoms with Crippen LogP contribution in [0.1, 0.15) is 36.5 Å². The number of anilines is 1. The van der Waals surface area contributed by atoms with Crippen LogP contribution in [-0.2, 0) is 0 Å². The summed E-state index contributed by atoms with van der Waals surface area (Å²) >= 11 is 0. The Morgan fingerprint density at radius 3 is 3.00 bits per heavy atom. The molecule has 110 valence electrons. The molecule has 1 aromatic heterocycles. The number of nitrogen functional groups attached to an aromatic ring is 1. The van der Waals surface area contributed by atoms with Crippen LogP contribution >= 0.6 is 0 Å². The van der Waals surface area contributed by atoms with Crippen molar-refractivity contribution in [2.75, 3.05) is 18.5 Å². The van der Waals surface area contributed by atoms with Crippen molar-refractivity contribution in [1.29, 1.82) is 0 Å². The highest BCUT2D eigenvalue weighted by atomic mass is 19.1. The van der Waals surface area contributed by atoms with Crippen molar-refractivity contribution in [2.45, 2.75) is 31.8 Å². The first-order valence-corrected chi connectivity index (χ1v) is 6.57. The number of amides is 1. The second kappa shape index (κ2) is 5.72. The van der Waals surface area contributed by atoms with Gasteiger partial charge in [0.05, 0.1) is 11.2 Å². The zero-order valence-corrected chi connectivity index (χ0v) is 11.4. The molecular formula is C13H19FN4O2. The number of nitrogens with zero attached hydrogens (tertiary/aromatic N) is 2. The summed E-state index contributed by atoms with van der Waals surface area (Å²) in [4.78, 5) is 17.6. The fraction of sp³-hybridized carbons (Fsp3) is 0.538. The Morgan fingerprint density at radius 1 is 1.55 bits per heavy atom. The van der Waals surface area contributed by atoms with E-state index in [2.05, 4.69) is 10.4 Å². The number of hydrazine groups is 1. The van der Waals surface area contributed by atoms with E-state index >= 15 is 0 Å². The summed E-state index contributed by atoms with van der Waals surface area (Å²) in [6.07, 6.45) is 3.13. The van der Waals surface area contributed by atoms with Crippen molar-refractivity contribution in [3.8, 4) is 0 Å². The lowest BCUT2D eigenvalue weighted by molar-refractivity contribution is 0.0437. The van der Waals surface area contributed by atoms with Gasteiger partial charge in [-0.3, -0.25) is 4.79 Å². The van der Waals surface area contributed by atoms with Crippen LogP contribution in [0.15, 0.2) is 12.3 Å². The van der Waals surface area contributed by atoms with Gasteiger partial charge in [0.25, 0.3) is 5.91 Å². The number of pyridine rings is 1. The number of likely N-dealkylation sites (tertiary alicyclic amines) is 1. The lowest BCUT2D eigenvalue weighted by atomic mass is 9.98. The van der Waals surface area contributed by atoms with Gasteiger partial charge in [-0.05, 0) is 32.3 Å². The Kier molecular flexibility index (Phi) is 4.20. The van der Waals surface area contributed by atoms with Gasteiger partial charge in [-0.1, -0.05) is 0 Å². The maximum atomic E-state index is 14.0. The summed E-state index contributed by atoms with van der Waals surface area (Å²) < 4.78 is 14.0. The predicted octanol–water partition coefficient (Wildman–Crippen LogP) is 0.883. The first kappa shape index (κ1) is 14.7. The SMILES string of the molecule is CC1(O)CCCN(C(=O)c2ccnc(NN)c2F)CC1. The Balaban J connectivity index is 2.19. The molecule has 1 atom stereocenters. The van der Waals surface area contributed by atoms with E-state index in [0.29, 0.717) is 32.4 Å². The van der Waals surface area contributed by atoms with Gasteiger partial charge in [-0.25, -0.2) is 15.2 Å². The molecule has 1 aliphatic rings. The minimum absolute atomic E-state index is 0.0607. The Labute approximate surface area is 116 Å². The smallest absolute Gasteiger partial charge is 0.257 e. The third-order valence-electron chi connectivity index (χ3n) is 3.61. The van der Waals surface area contributed by atoms with Crippen molar-refractivity contribution in [3.63, 3.8) is 0 Å². The molecule has 6 nitrogen and oxygen atoms in total. The average molecular weight is 282 g/mol. The Morgan fingerprint density at radius 2 is 2.30 bits per heavy atom. The van der Waals surface area contributed by atoms with Gasteiger partial charge in [-0.15, -0.1) is 0 Å². The van der Waals surface area contributed by atoms with Gasteiger partial charge >= 0.3 is 0 Å². The summed E-state index contributed by atoms with van der Waals surface area (Å²) in [6, 6.07) is 1.33. The van der Waals surface area contributed by atoms with Crippen LogP contribution in [0.4, 0.5) is 10.2 Å². The number of rotatable bonds is 2. The number of nitrogens with two attached hydrogens (primary N) is 1. The number of carbonyl (C=O) groups excluding carboxylic acids is 1. The molecule has 7 heteroatoms. The maximum Gasteiger partial charge on any atom is 0.257 e. The highest BCUT2D eigenvalue weighted by Gasteiger charge is 2.28. The van der Waals surface area contributed by atoms with Gasteiger partial charge < -0.3 is 15.4 Å². The first-order chi connectivity index (χ1) is 9.44. The quantitative estimate of drug-likeness (QED) is 0.553. The third kappa shape index (κ3) is 3.05. The highest BCUT2D eigenvalue weighted by Crippen LogP contribution is 2.23. The third-order valence-corrected chi connectivity index (χ3v) is 3.61. The van der Waals surface area contributed by atoms with Gasteiger partial charge in [-0.2, -0.15) is 0 Å². The number of aromatic nitrogens is 1. The van der Waals surface area contributed by atoms with E-state index in [1.807, 2.05) is 0 Å². The molecule has 0 aliphatic carbocycles. The molecule has 0 saturated carbocycles. The van der Waals surface area contributed by atoms with Crippen molar-refractivity contribution >= 4 is 11.7 Å². The number of carbonyl (C=O) groups is 1. The molecule has 0 spiro atoms. The maximum absolute atomic E-state index is 14.0. The highest BCUT2D eigenvalue weighted by molar-refractivity contribution is 5.95. The van der Waals surface area contributed by atoms with E-state index in [4.69, 9.17) is 5.84 Å². The monoisotopic (exact) mass is 282 g/mol. The number of hydrogen-bond donors (Lipinski definition) is 3. The van der Waals surface area contributed by atoms with E-state index in [-0.39, 0.29) is 11.4 Å². The summed E-state index contributed by atoms with van der Waals surface area (Å²) in [5, 5.41) is 10.0. The summed E-state index contributed by atoms with van der Waals surface area (Å²) in [5.41, 5.74) is 1.29. The molecule has 1 saturated heterocycles. The Bertz CT molecular complexity index is 507. The van der Waals surface area contributed by atoms with E-state index in [1.54, 1.807) is 11.8 Å². The van der Waals surface area contributed by atoms with Crippen LogP contribution in [0.3, 0.4) is 0 Å². The van der Waals surface area contributed by atoms with Gasteiger partial charge in [0, 0.05) is 19.3 Å². The van der Waals surface area contributed by atoms with Crippen LogP contribution < -0.4 is 11.3 Å². The van der Waals surface area contributed by atoms with Crippen molar-refractivity contribution < 1.29 is 14.3 Å². The molecule has 4 N–H and O–H groups in total. The largest absolute Gasteiger partial charge is 0.390 e. The van der Waals surface area contributed by atoms with Crippen LogP contribution in [0, 0.1) is 5.82 Å². The molecule has 0 radical (unpaired) electrons. The minimum atomic E-state index is -0.768. The fourth-order valence-electron chi connectivity index (χ4n) is 2.35. The molecule has 0 aromatic carbocycles.